The minimum atomic E-state index is -1.08. The number of rotatable bonds is 5. The van der Waals surface area contributed by atoms with Crippen LogP contribution in [0.4, 0.5) is 10.5 Å². The van der Waals surface area contributed by atoms with E-state index >= 15 is 0 Å². The van der Waals surface area contributed by atoms with Gasteiger partial charge in [-0.1, -0.05) is 22.0 Å². The molecule has 0 spiro atoms. The molecule has 19 heavy (non-hydrogen) atoms. The molecule has 0 heterocycles. The number of carbonyl (C=O) groups is 2. The second-order valence-electron chi connectivity index (χ2n) is 3.62. The van der Waals surface area contributed by atoms with Gasteiger partial charge in [-0.3, -0.25) is 4.79 Å². The highest BCUT2D eigenvalue weighted by atomic mass is 79.9. The lowest BCUT2D eigenvalue weighted by atomic mass is 10.3. The van der Waals surface area contributed by atoms with Crippen molar-refractivity contribution in [2.75, 3.05) is 18.4 Å². The van der Waals surface area contributed by atoms with Gasteiger partial charge in [-0.25, -0.2) is 4.79 Å². The molecule has 102 valence electrons. The van der Waals surface area contributed by atoms with E-state index < -0.39 is 12.0 Å². The summed E-state index contributed by atoms with van der Waals surface area (Å²) in [4.78, 5) is 23.8. The first kappa shape index (κ1) is 15.7. The molecule has 0 aliphatic rings. The molecule has 0 fully saturated rings. The molecule has 7 heteroatoms. The van der Waals surface area contributed by atoms with Gasteiger partial charge in [-0.05, 0) is 34.1 Å². The molecule has 0 atom stereocenters. The van der Waals surface area contributed by atoms with E-state index in [1.54, 1.807) is 18.2 Å². The van der Waals surface area contributed by atoms with Crippen LogP contribution in [-0.4, -0.2) is 35.1 Å². The molecule has 2 amide bonds. The number of benzene rings is 1. The van der Waals surface area contributed by atoms with Crippen LogP contribution in [0.5, 0.6) is 0 Å². The molecule has 0 radical (unpaired) electrons. The van der Waals surface area contributed by atoms with E-state index in [-0.39, 0.29) is 13.1 Å². The molecule has 0 bridgehead atoms. The van der Waals surface area contributed by atoms with Crippen molar-refractivity contribution in [1.82, 2.24) is 4.90 Å². The van der Waals surface area contributed by atoms with Crippen molar-refractivity contribution < 1.29 is 14.7 Å². The summed E-state index contributed by atoms with van der Waals surface area (Å²) in [6.45, 7) is 3.27. The summed E-state index contributed by atoms with van der Waals surface area (Å²) in [5.74, 6) is -1.08. The zero-order chi connectivity index (χ0) is 14.4. The average molecular weight is 392 g/mol. The SMILES string of the molecule is C=CCN(CC(=O)O)C(=O)Nc1ccc(Br)cc1Br. The van der Waals surface area contributed by atoms with Crippen molar-refractivity contribution in [2.24, 2.45) is 0 Å². The Bertz CT molecular complexity index is 506. The van der Waals surface area contributed by atoms with E-state index in [0.717, 1.165) is 9.37 Å². The number of nitrogens with one attached hydrogen (secondary N) is 1. The van der Waals surface area contributed by atoms with Gasteiger partial charge in [0.15, 0.2) is 0 Å². The van der Waals surface area contributed by atoms with E-state index in [9.17, 15) is 9.59 Å². The number of nitrogens with zero attached hydrogens (tertiary/aromatic N) is 1. The van der Waals surface area contributed by atoms with Crippen LogP contribution in [0.3, 0.4) is 0 Å². The summed E-state index contributed by atoms with van der Waals surface area (Å²) in [5, 5.41) is 11.4. The van der Waals surface area contributed by atoms with Gasteiger partial charge in [0.1, 0.15) is 6.54 Å². The largest absolute Gasteiger partial charge is 0.480 e. The second-order valence-corrected chi connectivity index (χ2v) is 5.39. The van der Waals surface area contributed by atoms with Crippen molar-refractivity contribution >= 4 is 49.5 Å². The minimum absolute atomic E-state index is 0.159. The summed E-state index contributed by atoms with van der Waals surface area (Å²) in [7, 11) is 0. The summed E-state index contributed by atoms with van der Waals surface area (Å²) < 4.78 is 1.56. The quantitative estimate of drug-likeness (QED) is 0.756. The fraction of sp³-hybridized carbons (Fsp3) is 0.167. The standard InChI is InChI=1S/C12H12Br2N2O3/c1-2-5-16(7-11(17)18)12(19)15-10-4-3-8(13)6-9(10)14/h2-4,6H,1,5,7H2,(H,15,19)(H,17,18). The number of hydrogen-bond donors (Lipinski definition) is 2. The van der Waals surface area contributed by atoms with Crippen LogP contribution in [-0.2, 0) is 4.79 Å². The van der Waals surface area contributed by atoms with E-state index in [1.807, 2.05) is 0 Å². The smallest absolute Gasteiger partial charge is 0.323 e. The number of hydrogen-bond acceptors (Lipinski definition) is 2. The molecule has 0 aliphatic carbocycles. The first-order chi connectivity index (χ1) is 8.93. The van der Waals surface area contributed by atoms with Gasteiger partial charge < -0.3 is 15.3 Å². The molecule has 0 saturated heterocycles. The Morgan fingerprint density at radius 3 is 2.63 bits per heavy atom. The number of urea groups is 1. The Morgan fingerprint density at radius 1 is 1.42 bits per heavy atom. The van der Waals surface area contributed by atoms with Crippen LogP contribution >= 0.6 is 31.9 Å². The number of halogens is 2. The van der Waals surface area contributed by atoms with Crippen LogP contribution in [0.15, 0.2) is 39.8 Å². The summed E-state index contributed by atoms with van der Waals surface area (Å²) >= 11 is 6.62. The molecule has 0 aromatic heterocycles. The average Bonchev–Trinajstić information content (AvgIpc) is 2.31. The van der Waals surface area contributed by atoms with Crippen molar-refractivity contribution in [3.8, 4) is 0 Å². The first-order valence-electron chi connectivity index (χ1n) is 5.27. The van der Waals surface area contributed by atoms with E-state index in [0.29, 0.717) is 10.2 Å². The normalized spacial score (nSPS) is 9.79. The number of amides is 2. The highest BCUT2D eigenvalue weighted by Crippen LogP contribution is 2.26. The van der Waals surface area contributed by atoms with E-state index in [4.69, 9.17) is 5.11 Å². The Hall–Kier alpha value is -1.34. The van der Waals surface area contributed by atoms with E-state index in [2.05, 4.69) is 43.8 Å². The van der Waals surface area contributed by atoms with Crippen molar-refractivity contribution in [1.29, 1.82) is 0 Å². The van der Waals surface area contributed by atoms with Gasteiger partial charge in [0.05, 0.1) is 5.69 Å². The Labute approximate surface area is 127 Å². The first-order valence-corrected chi connectivity index (χ1v) is 6.86. The third-order valence-corrected chi connectivity index (χ3v) is 3.28. The highest BCUT2D eigenvalue weighted by Gasteiger charge is 2.16. The summed E-state index contributed by atoms with van der Waals surface area (Å²) in [6, 6.07) is 4.77. The maximum Gasteiger partial charge on any atom is 0.323 e. The highest BCUT2D eigenvalue weighted by molar-refractivity contribution is 9.11. The summed E-state index contributed by atoms with van der Waals surface area (Å²) in [5.41, 5.74) is 0.563. The van der Waals surface area contributed by atoms with Gasteiger partial charge in [0, 0.05) is 15.5 Å². The third-order valence-electron chi connectivity index (χ3n) is 2.14. The fourth-order valence-corrected chi connectivity index (χ4v) is 2.47. The predicted molar refractivity (Wildman–Crippen MR) is 80.3 cm³/mol. The molecule has 0 aliphatic heterocycles. The summed E-state index contributed by atoms with van der Waals surface area (Å²) in [6.07, 6.45) is 1.47. The van der Waals surface area contributed by atoms with Crippen molar-refractivity contribution in [3.63, 3.8) is 0 Å². The van der Waals surface area contributed by atoms with Gasteiger partial charge in [-0.2, -0.15) is 0 Å². The zero-order valence-corrected chi connectivity index (χ0v) is 13.1. The van der Waals surface area contributed by atoms with Crippen LogP contribution in [0, 0.1) is 0 Å². The Balaban J connectivity index is 2.80. The zero-order valence-electron chi connectivity index (χ0n) is 9.90. The lowest BCUT2D eigenvalue weighted by Crippen LogP contribution is -2.38. The molecule has 1 rings (SSSR count). The number of carboxylic acids is 1. The number of anilines is 1. The van der Waals surface area contributed by atoms with Crippen LogP contribution in [0.25, 0.3) is 0 Å². The molecule has 1 aromatic carbocycles. The molecule has 0 unspecified atom stereocenters. The number of carbonyl (C=O) groups excluding carboxylic acids is 1. The monoisotopic (exact) mass is 390 g/mol. The van der Waals surface area contributed by atoms with Crippen molar-refractivity contribution in [2.45, 2.75) is 0 Å². The Kier molecular flexibility index (Phi) is 6.04. The lowest BCUT2D eigenvalue weighted by Gasteiger charge is -2.20. The number of aliphatic carboxylic acids is 1. The molecule has 2 N–H and O–H groups in total. The third kappa shape index (κ3) is 5.04. The molecular weight excluding hydrogens is 380 g/mol. The topological polar surface area (TPSA) is 69.6 Å². The molecule has 1 aromatic rings. The van der Waals surface area contributed by atoms with E-state index in [1.165, 1.54) is 6.08 Å². The van der Waals surface area contributed by atoms with Crippen LogP contribution in [0.2, 0.25) is 0 Å². The van der Waals surface area contributed by atoms with Crippen LogP contribution < -0.4 is 5.32 Å². The Morgan fingerprint density at radius 2 is 2.11 bits per heavy atom. The maximum absolute atomic E-state index is 11.9. The minimum Gasteiger partial charge on any atom is -0.480 e. The predicted octanol–water partition coefficient (Wildman–Crippen LogP) is 3.32. The van der Waals surface area contributed by atoms with Crippen LogP contribution in [0.1, 0.15) is 0 Å². The lowest BCUT2D eigenvalue weighted by molar-refractivity contribution is -0.137. The molecule has 5 nitrogen and oxygen atoms in total. The number of carboxylic acid groups (broad SMARTS) is 1. The van der Waals surface area contributed by atoms with Gasteiger partial charge in [-0.15, -0.1) is 6.58 Å². The maximum atomic E-state index is 11.9. The molecule has 0 saturated carbocycles. The van der Waals surface area contributed by atoms with Crippen molar-refractivity contribution in [3.05, 3.63) is 39.8 Å². The molecular formula is C12H12Br2N2O3. The second kappa shape index (κ2) is 7.30. The fourth-order valence-electron chi connectivity index (χ4n) is 1.32. The van der Waals surface area contributed by atoms with Gasteiger partial charge in [0.2, 0.25) is 0 Å². The van der Waals surface area contributed by atoms with Gasteiger partial charge in [0.25, 0.3) is 0 Å². The van der Waals surface area contributed by atoms with Gasteiger partial charge >= 0.3 is 12.0 Å².